The summed E-state index contributed by atoms with van der Waals surface area (Å²) in [5, 5.41) is 29.2. The van der Waals surface area contributed by atoms with Gasteiger partial charge in [-0.25, -0.2) is 0 Å². The van der Waals surface area contributed by atoms with Crippen LogP contribution in [-0.2, 0) is 0 Å². The Balaban J connectivity index is 1.13. The molecule has 4 heteroatoms. The van der Waals surface area contributed by atoms with Crippen LogP contribution in [0.1, 0.15) is 112 Å². The zero-order valence-corrected chi connectivity index (χ0v) is 28.8. The molecular formula is C41H60N2O2. The Morgan fingerprint density at radius 3 is 2.73 bits per heavy atom. The topological polar surface area (TPSA) is 64.5 Å². The summed E-state index contributed by atoms with van der Waals surface area (Å²) in [6, 6.07) is 0.516. The van der Waals surface area contributed by atoms with E-state index in [1.165, 1.54) is 63.4 Å². The fourth-order valence-electron chi connectivity index (χ4n) is 13.9. The molecule has 7 aliphatic carbocycles. The molecule has 1 aliphatic heterocycles. The van der Waals surface area contributed by atoms with E-state index in [1.54, 1.807) is 16.7 Å². The van der Waals surface area contributed by atoms with Crippen LogP contribution in [0.15, 0.2) is 34.9 Å². The van der Waals surface area contributed by atoms with Crippen LogP contribution in [0.5, 0.6) is 0 Å². The minimum atomic E-state index is -0.375. The van der Waals surface area contributed by atoms with Crippen molar-refractivity contribution in [1.82, 2.24) is 10.6 Å². The van der Waals surface area contributed by atoms with Crippen molar-refractivity contribution in [1.29, 1.82) is 0 Å². The standard InChI is InChI=1S/C41H60N2O2/c1-23(2)29-17-34-24(3)13-30-20-39(34,5)41(21-29)12-8-11-31(41)10-7-9-26-15-32-16-28-14-27-18-35(42-22-25(4)44)36(45)19-33(27)37(28)40(32,6)43-38(26)30/h13,25-29,31-33,35-38,42-45H,1,8-9,11-12,14-22H2,2-6H3/t25-,26+,27-,28+,29-,31+,32-,33+,35+,36-,37-,38-,39-,40+,41+/m0/s1. The number of hydrogen-bond donors (Lipinski definition) is 4. The van der Waals surface area contributed by atoms with E-state index >= 15 is 0 Å². The van der Waals surface area contributed by atoms with Gasteiger partial charge in [0.15, 0.2) is 0 Å². The van der Waals surface area contributed by atoms with Gasteiger partial charge in [0.1, 0.15) is 0 Å². The largest absolute Gasteiger partial charge is 0.392 e. The maximum absolute atomic E-state index is 11.3. The second-order valence-electron chi connectivity index (χ2n) is 18.1. The molecule has 0 unspecified atom stereocenters. The van der Waals surface area contributed by atoms with Crippen LogP contribution in [0.4, 0.5) is 0 Å². The van der Waals surface area contributed by atoms with Gasteiger partial charge >= 0.3 is 0 Å². The van der Waals surface area contributed by atoms with Crippen LogP contribution >= 0.6 is 0 Å². The van der Waals surface area contributed by atoms with Gasteiger partial charge in [0.25, 0.3) is 0 Å². The SMILES string of the molecule is C=C(C)[C@H]1CC2=C(C)C=C3C[C@]2(C)[C@]2(CCC[C@H]2C#CC[C@@H]2C[C@H]4C[C@H]5C[C@H]6C[C@@H](NC[C@H](C)O)[C@@H](O)C[C@H]6[C@H]5[C@]4(C)N[C@H]32)C1. The Kier molecular flexibility index (Phi) is 7.43. The molecule has 6 fully saturated rings. The Morgan fingerprint density at radius 1 is 1.16 bits per heavy atom. The zero-order chi connectivity index (χ0) is 31.5. The van der Waals surface area contributed by atoms with E-state index in [-0.39, 0.29) is 34.6 Å². The summed E-state index contributed by atoms with van der Waals surface area (Å²) >= 11 is 0. The van der Waals surface area contributed by atoms with Crippen molar-refractivity contribution < 1.29 is 10.2 Å². The van der Waals surface area contributed by atoms with Gasteiger partial charge in [-0.05, 0) is 144 Å². The van der Waals surface area contributed by atoms with Gasteiger partial charge in [-0.15, -0.1) is 5.92 Å². The molecule has 1 heterocycles. The molecule has 15 atom stereocenters. The Bertz CT molecular complexity index is 1370. The van der Waals surface area contributed by atoms with Crippen molar-refractivity contribution in [3.05, 3.63) is 34.9 Å². The Hall–Kier alpha value is -1.38. The summed E-state index contributed by atoms with van der Waals surface area (Å²) in [4.78, 5) is 0. The summed E-state index contributed by atoms with van der Waals surface area (Å²) < 4.78 is 0. The van der Waals surface area contributed by atoms with Crippen LogP contribution < -0.4 is 10.6 Å². The maximum atomic E-state index is 11.3. The first-order valence-electron chi connectivity index (χ1n) is 18.8. The third-order valence-electron chi connectivity index (χ3n) is 15.8. The summed E-state index contributed by atoms with van der Waals surface area (Å²) in [5.41, 5.74) is 6.89. The smallest absolute Gasteiger partial charge is 0.0696 e. The fraction of sp³-hybridized carbons (Fsp3) is 0.805. The molecule has 0 aromatic carbocycles. The fourth-order valence-corrected chi connectivity index (χ4v) is 13.9. The molecule has 0 aromatic rings. The number of fused-ring (bicyclic) bond motifs is 8. The molecule has 0 amide bonds. The van der Waals surface area contributed by atoms with Crippen molar-refractivity contribution in [3.8, 4) is 11.8 Å². The average molecular weight is 613 g/mol. The summed E-state index contributed by atoms with van der Waals surface area (Å²) in [5.74, 6) is 13.0. The highest BCUT2D eigenvalue weighted by molar-refractivity contribution is 5.45. The summed E-state index contributed by atoms with van der Waals surface area (Å²) in [6.07, 6.45) is 16.5. The van der Waals surface area contributed by atoms with Crippen LogP contribution in [-0.4, -0.2) is 46.6 Å². The number of aliphatic hydroxyl groups excluding tert-OH is 2. The number of nitrogens with one attached hydrogen (secondary N) is 2. The third kappa shape index (κ3) is 4.53. The first-order chi connectivity index (χ1) is 21.4. The summed E-state index contributed by atoms with van der Waals surface area (Å²) in [7, 11) is 0. The molecular weight excluding hydrogens is 552 g/mol. The number of aliphatic hydroxyl groups is 2. The van der Waals surface area contributed by atoms with E-state index in [0.29, 0.717) is 54.0 Å². The lowest BCUT2D eigenvalue weighted by Gasteiger charge is -2.60. The highest BCUT2D eigenvalue weighted by Gasteiger charge is 2.65. The van der Waals surface area contributed by atoms with Gasteiger partial charge in [0, 0.05) is 36.5 Å². The Morgan fingerprint density at radius 2 is 1.96 bits per heavy atom. The van der Waals surface area contributed by atoms with E-state index in [2.05, 4.69) is 62.8 Å². The molecule has 2 bridgehead atoms. The van der Waals surface area contributed by atoms with E-state index in [1.807, 2.05) is 6.92 Å². The first-order valence-corrected chi connectivity index (χ1v) is 18.8. The molecule has 45 heavy (non-hydrogen) atoms. The van der Waals surface area contributed by atoms with Crippen LogP contribution in [0.2, 0.25) is 0 Å². The van der Waals surface area contributed by atoms with Crippen molar-refractivity contribution in [3.63, 3.8) is 0 Å². The van der Waals surface area contributed by atoms with Crippen LogP contribution in [0, 0.1) is 70.0 Å². The minimum absolute atomic E-state index is 0.118. The van der Waals surface area contributed by atoms with Crippen molar-refractivity contribution in [2.75, 3.05) is 6.54 Å². The molecule has 8 rings (SSSR count). The quantitative estimate of drug-likeness (QED) is 0.205. The molecule has 8 aliphatic rings. The van der Waals surface area contributed by atoms with Gasteiger partial charge in [-0.2, -0.15) is 0 Å². The number of piperidine rings is 1. The summed E-state index contributed by atoms with van der Waals surface area (Å²) in [6.45, 7) is 16.9. The van der Waals surface area contributed by atoms with E-state index in [4.69, 9.17) is 0 Å². The van der Waals surface area contributed by atoms with Gasteiger partial charge in [-0.3, -0.25) is 0 Å². The predicted octanol–water partition coefficient (Wildman–Crippen LogP) is 6.94. The maximum Gasteiger partial charge on any atom is 0.0696 e. The van der Waals surface area contributed by atoms with Crippen molar-refractivity contribution in [2.24, 2.45) is 58.2 Å². The van der Waals surface area contributed by atoms with E-state index in [0.717, 1.165) is 25.2 Å². The van der Waals surface area contributed by atoms with Crippen LogP contribution in [0.25, 0.3) is 0 Å². The van der Waals surface area contributed by atoms with Gasteiger partial charge in [-0.1, -0.05) is 54.2 Å². The lowest BCUT2D eigenvalue weighted by Crippen LogP contribution is -2.64. The molecule has 246 valence electrons. The van der Waals surface area contributed by atoms with Gasteiger partial charge < -0.3 is 20.8 Å². The molecule has 0 radical (unpaired) electrons. The molecule has 4 N–H and O–H groups in total. The molecule has 5 saturated carbocycles. The van der Waals surface area contributed by atoms with Gasteiger partial charge in [0.05, 0.1) is 12.2 Å². The molecule has 1 spiro atoms. The minimum Gasteiger partial charge on any atom is -0.392 e. The van der Waals surface area contributed by atoms with Crippen molar-refractivity contribution >= 4 is 0 Å². The molecule has 0 aromatic heterocycles. The Labute approximate surface area is 273 Å². The normalized spacial score (nSPS) is 51.9. The predicted molar refractivity (Wildman–Crippen MR) is 182 cm³/mol. The first kappa shape index (κ1) is 30.9. The number of rotatable bonds is 4. The highest BCUT2D eigenvalue weighted by Crippen LogP contribution is 2.70. The monoisotopic (exact) mass is 612 g/mol. The molecule has 1 saturated heterocycles. The van der Waals surface area contributed by atoms with E-state index < -0.39 is 0 Å². The lowest BCUT2D eigenvalue weighted by atomic mass is 9.45. The van der Waals surface area contributed by atoms with Gasteiger partial charge in [0.2, 0.25) is 0 Å². The van der Waals surface area contributed by atoms with Crippen LogP contribution in [0.3, 0.4) is 0 Å². The van der Waals surface area contributed by atoms with Crippen molar-refractivity contribution in [2.45, 2.75) is 141 Å². The highest BCUT2D eigenvalue weighted by atomic mass is 16.3. The number of hydrogen-bond acceptors (Lipinski definition) is 4. The van der Waals surface area contributed by atoms with E-state index in [9.17, 15) is 10.2 Å². The third-order valence-corrected chi connectivity index (χ3v) is 15.8. The second-order valence-corrected chi connectivity index (χ2v) is 18.1. The lowest BCUT2D eigenvalue weighted by molar-refractivity contribution is -0.00707. The average Bonchev–Trinajstić information content (AvgIpc) is 3.62. The second kappa shape index (κ2) is 10.8. The number of allylic oxidation sites excluding steroid dienone is 4. The molecule has 4 nitrogen and oxygen atoms in total. The zero-order valence-electron chi connectivity index (χ0n) is 28.8.